The smallest absolute Gasteiger partial charge is 0.171 e. The number of carbonyl (C=O) groups excluding carboxylic acids is 1. The van der Waals surface area contributed by atoms with Crippen molar-refractivity contribution >= 4 is 17.1 Å². The number of ether oxygens (including phenoxy) is 1. The molecule has 0 N–H and O–H groups in total. The molecule has 0 unspecified atom stereocenters. The lowest BCUT2D eigenvalue weighted by Gasteiger charge is -2.37. The summed E-state index contributed by atoms with van der Waals surface area (Å²) in [5, 5.41) is 0.933. The molecule has 4 heteroatoms. The number of nitrogens with zero attached hydrogens (tertiary/aromatic N) is 1. The first-order valence-corrected chi connectivity index (χ1v) is 8.38. The van der Waals surface area contributed by atoms with Crippen LogP contribution in [0.3, 0.4) is 0 Å². The van der Waals surface area contributed by atoms with Crippen molar-refractivity contribution in [2.24, 2.45) is 5.92 Å². The molecule has 0 aliphatic heterocycles. The molecule has 0 atom stereocenters. The first kappa shape index (κ1) is 15.6. The molecule has 1 saturated carbocycles. The minimum Gasteiger partial charge on any atom is -0.367 e. The second-order valence-corrected chi connectivity index (χ2v) is 7.25. The van der Waals surface area contributed by atoms with Gasteiger partial charge in [0.05, 0.1) is 12.1 Å². The van der Waals surface area contributed by atoms with Crippen molar-refractivity contribution in [2.75, 3.05) is 6.61 Å². The molecular formula is C16H25NO2S. The molecule has 1 fully saturated rings. The van der Waals surface area contributed by atoms with Gasteiger partial charge in [-0.1, -0.05) is 6.92 Å². The summed E-state index contributed by atoms with van der Waals surface area (Å²) in [6, 6.07) is 0. The van der Waals surface area contributed by atoms with Gasteiger partial charge in [0.25, 0.3) is 0 Å². The quantitative estimate of drug-likeness (QED) is 0.828. The van der Waals surface area contributed by atoms with E-state index in [2.05, 4.69) is 18.8 Å². The average Bonchev–Trinajstić information content (AvgIpc) is 2.71. The largest absolute Gasteiger partial charge is 0.367 e. The van der Waals surface area contributed by atoms with E-state index in [0.717, 1.165) is 36.4 Å². The maximum absolute atomic E-state index is 12.7. The zero-order valence-electron chi connectivity index (χ0n) is 13.0. The van der Waals surface area contributed by atoms with Crippen LogP contribution in [0.2, 0.25) is 0 Å². The summed E-state index contributed by atoms with van der Waals surface area (Å²) in [6.45, 7) is 8.90. The fourth-order valence-corrected chi connectivity index (χ4v) is 3.85. The van der Waals surface area contributed by atoms with Crippen LogP contribution in [-0.2, 0) is 16.0 Å². The molecular weight excluding hydrogens is 270 g/mol. The molecule has 1 aromatic heterocycles. The van der Waals surface area contributed by atoms with Gasteiger partial charge < -0.3 is 4.74 Å². The van der Waals surface area contributed by atoms with Gasteiger partial charge in [0.2, 0.25) is 0 Å². The Kier molecular flexibility index (Phi) is 4.97. The van der Waals surface area contributed by atoms with Gasteiger partial charge in [-0.25, -0.2) is 4.98 Å². The molecule has 0 radical (unpaired) electrons. The summed E-state index contributed by atoms with van der Waals surface area (Å²) in [6.07, 6.45) is 4.32. The van der Waals surface area contributed by atoms with E-state index in [9.17, 15) is 4.79 Å². The van der Waals surface area contributed by atoms with E-state index < -0.39 is 5.60 Å². The fraction of sp³-hybridized carbons (Fsp3) is 0.750. The Morgan fingerprint density at radius 1 is 1.40 bits per heavy atom. The van der Waals surface area contributed by atoms with Crippen molar-refractivity contribution in [3.05, 3.63) is 15.6 Å². The molecule has 2 rings (SSSR count). The molecule has 20 heavy (non-hydrogen) atoms. The molecule has 1 heterocycles. The van der Waals surface area contributed by atoms with Gasteiger partial charge in [-0.2, -0.15) is 0 Å². The Labute approximate surface area is 125 Å². The molecule has 1 aliphatic carbocycles. The van der Waals surface area contributed by atoms with Crippen LogP contribution in [0.4, 0.5) is 0 Å². The third kappa shape index (κ3) is 3.29. The van der Waals surface area contributed by atoms with Crippen LogP contribution in [0, 0.1) is 19.8 Å². The summed E-state index contributed by atoms with van der Waals surface area (Å²) in [4.78, 5) is 18.4. The molecule has 1 aromatic rings. The zero-order valence-corrected chi connectivity index (χ0v) is 13.8. The van der Waals surface area contributed by atoms with Crippen molar-refractivity contribution in [1.82, 2.24) is 4.98 Å². The van der Waals surface area contributed by atoms with Gasteiger partial charge in [0.15, 0.2) is 5.78 Å². The Morgan fingerprint density at radius 2 is 2.05 bits per heavy atom. The average molecular weight is 295 g/mol. The molecule has 0 amide bonds. The summed E-state index contributed by atoms with van der Waals surface area (Å²) in [7, 11) is 0. The van der Waals surface area contributed by atoms with Crippen LogP contribution in [0.1, 0.15) is 55.1 Å². The first-order chi connectivity index (χ1) is 9.47. The van der Waals surface area contributed by atoms with Crippen molar-refractivity contribution in [3.8, 4) is 0 Å². The van der Waals surface area contributed by atoms with Crippen molar-refractivity contribution < 1.29 is 9.53 Å². The van der Waals surface area contributed by atoms with Gasteiger partial charge in [-0.15, -0.1) is 11.3 Å². The van der Waals surface area contributed by atoms with Crippen LogP contribution < -0.4 is 0 Å². The van der Waals surface area contributed by atoms with Crippen molar-refractivity contribution in [2.45, 2.75) is 65.4 Å². The normalized spacial score (nSPS) is 26.7. The third-order valence-electron chi connectivity index (χ3n) is 4.40. The Morgan fingerprint density at radius 3 is 2.55 bits per heavy atom. The summed E-state index contributed by atoms with van der Waals surface area (Å²) >= 11 is 1.64. The maximum atomic E-state index is 12.7. The number of aryl methyl sites for hydroxylation is 2. The lowest BCUT2D eigenvalue weighted by molar-refractivity contribution is -0.149. The predicted octanol–water partition coefficient (Wildman–Crippen LogP) is 3.86. The molecule has 0 saturated heterocycles. The third-order valence-corrected chi connectivity index (χ3v) is 5.47. The van der Waals surface area contributed by atoms with Gasteiger partial charge >= 0.3 is 0 Å². The number of carbonyl (C=O) groups is 1. The summed E-state index contributed by atoms with van der Waals surface area (Å²) < 4.78 is 5.92. The molecule has 0 aromatic carbocycles. The highest BCUT2D eigenvalue weighted by Crippen LogP contribution is 2.36. The summed E-state index contributed by atoms with van der Waals surface area (Å²) in [5.74, 6) is 0.931. The minimum absolute atomic E-state index is 0.222. The zero-order chi connectivity index (χ0) is 14.8. The molecule has 0 spiro atoms. The number of hydrogen-bond acceptors (Lipinski definition) is 4. The van der Waals surface area contributed by atoms with Crippen LogP contribution in [0.25, 0.3) is 0 Å². The van der Waals surface area contributed by atoms with E-state index in [1.807, 2.05) is 13.8 Å². The monoisotopic (exact) mass is 295 g/mol. The van der Waals surface area contributed by atoms with Gasteiger partial charge in [0.1, 0.15) is 10.6 Å². The van der Waals surface area contributed by atoms with E-state index in [4.69, 9.17) is 4.74 Å². The van der Waals surface area contributed by atoms with Crippen molar-refractivity contribution in [3.63, 3.8) is 0 Å². The lowest BCUT2D eigenvalue weighted by atomic mass is 9.76. The van der Waals surface area contributed by atoms with Gasteiger partial charge in [0, 0.05) is 11.5 Å². The van der Waals surface area contributed by atoms with E-state index in [1.165, 1.54) is 4.88 Å². The van der Waals surface area contributed by atoms with E-state index >= 15 is 0 Å². The number of ketones is 1. The highest BCUT2D eigenvalue weighted by Gasteiger charge is 2.41. The Balaban J connectivity index is 2.11. The number of hydrogen-bond donors (Lipinski definition) is 0. The van der Waals surface area contributed by atoms with Crippen LogP contribution in [0.5, 0.6) is 0 Å². The summed E-state index contributed by atoms with van der Waals surface area (Å²) in [5.41, 5.74) is 0.495. The highest BCUT2D eigenvalue weighted by atomic mass is 32.1. The highest BCUT2D eigenvalue weighted by molar-refractivity contribution is 7.11. The fourth-order valence-electron chi connectivity index (χ4n) is 2.92. The number of aromatic nitrogens is 1. The topological polar surface area (TPSA) is 39.2 Å². The minimum atomic E-state index is -0.547. The standard InChI is InChI=1S/C16H25NO2S/c1-5-19-16(8-6-11(2)7-9-16)14(18)10-15-17-12(3)13(4)20-15/h11H,5-10H2,1-4H3. The van der Waals surface area contributed by atoms with E-state index in [1.54, 1.807) is 11.3 Å². The van der Waals surface area contributed by atoms with Crippen LogP contribution in [-0.4, -0.2) is 23.0 Å². The van der Waals surface area contributed by atoms with Crippen LogP contribution >= 0.6 is 11.3 Å². The second-order valence-electron chi connectivity index (χ2n) is 5.96. The Hall–Kier alpha value is -0.740. The lowest BCUT2D eigenvalue weighted by Crippen LogP contribution is -2.45. The van der Waals surface area contributed by atoms with Crippen molar-refractivity contribution in [1.29, 1.82) is 0 Å². The van der Waals surface area contributed by atoms with E-state index in [0.29, 0.717) is 18.9 Å². The van der Waals surface area contributed by atoms with E-state index in [-0.39, 0.29) is 5.78 Å². The SMILES string of the molecule is CCOC1(C(=O)Cc2nc(C)c(C)s2)CCC(C)CC1. The number of thiazole rings is 1. The predicted molar refractivity (Wildman–Crippen MR) is 82.3 cm³/mol. The van der Waals surface area contributed by atoms with Gasteiger partial charge in [-0.05, 0) is 52.4 Å². The number of Topliss-reactive ketones (excluding diaryl/α,β-unsaturated/α-hetero) is 1. The number of rotatable bonds is 5. The van der Waals surface area contributed by atoms with Crippen LogP contribution in [0.15, 0.2) is 0 Å². The maximum Gasteiger partial charge on any atom is 0.171 e. The first-order valence-electron chi connectivity index (χ1n) is 7.57. The van der Waals surface area contributed by atoms with Gasteiger partial charge in [-0.3, -0.25) is 4.79 Å². The molecule has 1 aliphatic rings. The molecule has 0 bridgehead atoms. The second kappa shape index (κ2) is 6.35. The molecule has 112 valence electrons. The molecule has 3 nitrogen and oxygen atoms in total. The Bertz CT molecular complexity index is 453.